The van der Waals surface area contributed by atoms with Gasteiger partial charge in [0.25, 0.3) is 0 Å². The average molecular weight is 660 g/mol. The van der Waals surface area contributed by atoms with Crippen molar-refractivity contribution in [1.82, 2.24) is 24.7 Å². The number of amides is 2. The molecule has 0 saturated carbocycles. The van der Waals surface area contributed by atoms with Gasteiger partial charge >= 0.3 is 0 Å². The van der Waals surface area contributed by atoms with E-state index in [0.717, 1.165) is 58.8 Å². The summed E-state index contributed by atoms with van der Waals surface area (Å²) in [5.74, 6) is -0.0161. The van der Waals surface area contributed by atoms with E-state index in [1.807, 2.05) is 18.3 Å². The highest BCUT2D eigenvalue weighted by Gasteiger charge is 2.30. The first-order valence-electron chi connectivity index (χ1n) is 15.8. The van der Waals surface area contributed by atoms with E-state index in [1.165, 1.54) is 24.3 Å². The number of benzene rings is 1. The second-order valence-corrected chi connectivity index (χ2v) is 13.5. The maximum absolute atomic E-state index is 15.1. The third-order valence-electron chi connectivity index (χ3n) is 9.03. The van der Waals surface area contributed by atoms with Crippen LogP contribution in [0.15, 0.2) is 54.9 Å². The minimum absolute atomic E-state index is 0.0204. The number of fused-ring (bicyclic) bond motifs is 1. The predicted octanol–water partition coefficient (Wildman–Crippen LogP) is 4.68. The number of ether oxygens (including phenoxy) is 1. The first-order chi connectivity index (χ1) is 22.7. The predicted molar refractivity (Wildman–Crippen MR) is 177 cm³/mol. The second kappa shape index (κ2) is 14.2. The van der Waals surface area contributed by atoms with Gasteiger partial charge in [-0.05, 0) is 48.2 Å². The Morgan fingerprint density at radius 2 is 1.81 bits per heavy atom. The molecule has 4 aromatic rings. The summed E-state index contributed by atoms with van der Waals surface area (Å²) < 4.78 is 21.9. The maximum atomic E-state index is 15.1. The summed E-state index contributed by atoms with van der Waals surface area (Å²) in [6, 6.07) is 12.5. The molecule has 0 unspecified atom stereocenters. The molecule has 12 heteroatoms. The van der Waals surface area contributed by atoms with Crippen LogP contribution >= 0.6 is 11.3 Å². The Labute approximate surface area is 276 Å². The third-order valence-corrected chi connectivity index (χ3v) is 10.2. The van der Waals surface area contributed by atoms with Crippen LogP contribution in [0.1, 0.15) is 37.3 Å². The quantitative estimate of drug-likeness (QED) is 0.247. The Balaban J connectivity index is 1.06. The molecule has 1 aromatic carbocycles. The molecule has 2 aliphatic heterocycles. The SMILES string of the molecule is CC(=O)N1CC(CC(=O)Cc2ccc(Oc3ccnc4cc(-c5ccc(CN6CCC(N(C)C(=O)CO)CC6)cn5)sc34)c(F)c2)C1. The van der Waals surface area contributed by atoms with Gasteiger partial charge in [-0.15, -0.1) is 11.3 Å². The van der Waals surface area contributed by atoms with Crippen molar-refractivity contribution in [3.63, 3.8) is 0 Å². The van der Waals surface area contributed by atoms with Gasteiger partial charge in [-0.3, -0.25) is 29.3 Å². The third kappa shape index (κ3) is 7.66. The number of aliphatic hydroxyl groups excluding tert-OH is 1. The van der Waals surface area contributed by atoms with Crippen LogP contribution in [0.25, 0.3) is 20.8 Å². The van der Waals surface area contributed by atoms with Crippen LogP contribution in [0.4, 0.5) is 4.39 Å². The lowest BCUT2D eigenvalue weighted by Gasteiger charge is -2.38. The summed E-state index contributed by atoms with van der Waals surface area (Å²) in [5, 5.41) is 9.14. The topological polar surface area (TPSA) is 116 Å². The van der Waals surface area contributed by atoms with E-state index < -0.39 is 12.4 Å². The second-order valence-electron chi connectivity index (χ2n) is 12.4. The van der Waals surface area contributed by atoms with E-state index in [-0.39, 0.29) is 41.7 Å². The van der Waals surface area contributed by atoms with Crippen molar-refractivity contribution in [2.45, 2.75) is 45.2 Å². The lowest BCUT2D eigenvalue weighted by Crippen LogP contribution is -2.49. The summed E-state index contributed by atoms with van der Waals surface area (Å²) >= 11 is 1.48. The van der Waals surface area contributed by atoms with E-state index in [0.29, 0.717) is 30.8 Å². The Hall–Kier alpha value is -4.26. The fourth-order valence-corrected chi connectivity index (χ4v) is 7.30. The van der Waals surface area contributed by atoms with Gasteiger partial charge in [0, 0.05) is 90.0 Å². The highest BCUT2D eigenvalue weighted by Crippen LogP contribution is 2.39. The average Bonchev–Trinajstić information content (AvgIpc) is 3.49. The van der Waals surface area contributed by atoms with Gasteiger partial charge in [-0.1, -0.05) is 12.1 Å². The lowest BCUT2D eigenvalue weighted by molar-refractivity contribution is -0.137. The number of ketones is 1. The molecular weight excluding hydrogens is 621 g/mol. The van der Waals surface area contributed by atoms with Crippen molar-refractivity contribution in [1.29, 1.82) is 0 Å². The number of halogens is 1. The summed E-state index contributed by atoms with van der Waals surface area (Å²) in [4.78, 5) is 51.5. The Bertz CT molecular complexity index is 1770. The first-order valence-corrected chi connectivity index (χ1v) is 16.6. The minimum atomic E-state index is -0.546. The van der Waals surface area contributed by atoms with Gasteiger partial charge in [0.15, 0.2) is 11.6 Å². The molecule has 2 fully saturated rings. The number of carbonyl (C=O) groups excluding carboxylic acids is 3. The van der Waals surface area contributed by atoms with Crippen LogP contribution in [0.3, 0.4) is 0 Å². The van der Waals surface area contributed by atoms with Gasteiger partial charge in [0.2, 0.25) is 11.8 Å². The molecule has 0 bridgehead atoms. The van der Waals surface area contributed by atoms with E-state index in [9.17, 15) is 14.4 Å². The number of hydrogen-bond acceptors (Lipinski definition) is 9. The molecule has 2 saturated heterocycles. The van der Waals surface area contributed by atoms with Crippen molar-refractivity contribution in [2.75, 3.05) is 39.8 Å². The molecule has 0 atom stereocenters. The summed E-state index contributed by atoms with van der Waals surface area (Å²) in [6.07, 6.45) is 5.76. The number of Topliss-reactive ketones (excluding diaryl/α,β-unsaturated/α-hetero) is 1. The molecule has 0 spiro atoms. The number of pyridine rings is 2. The van der Waals surface area contributed by atoms with Gasteiger partial charge < -0.3 is 19.6 Å². The fourth-order valence-electron chi connectivity index (χ4n) is 6.26. The first kappa shape index (κ1) is 32.7. The van der Waals surface area contributed by atoms with Gasteiger partial charge in [0.05, 0.1) is 20.8 Å². The summed E-state index contributed by atoms with van der Waals surface area (Å²) in [6.45, 7) is 4.77. The lowest BCUT2D eigenvalue weighted by atomic mass is 9.92. The number of likely N-dealkylation sites (tertiary alicyclic amines) is 2. The van der Waals surface area contributed by atoms with Crippen molar-refractivity contribution >= 4 is 39.2 Å². The maximum Gasteiger partial charge on any atom is 0.248 e. The van der Waals surface area contributed by atoms with Crippen LogP contribution in [0, 0.1) is 11.7 Å². The molecule has 47 heavy (non-hydrogen) atoms. The molecule has 246 valence electrons. The standard InChI is InChI=1S/C35H38FN5O5S/c1-22(43)41-19-25(20-41)14-27(44)13-23-4-6-31(28(36)15-23)46-32-7-10-37-30-16-33(47-35(30)32)29-5-3-24(17-38-29)18-40-11-8-26(9-12-40)39(2)34(45)21-42/h3-7,10,15-17,25-26,42H,8-9,11-14,18-21H2,1-2H3. The highest BCUT2D eigenvalue weighted by atomic mass is 32.1. The van der Waals surface area contributed by atoms with Crippen molar-refractivity contribution < 1.29 is 28.6 Å². The Kier molecular flexibility index (Phi) is 9.90. The van der Waals surface area contributed by atoms with E-state index in [2.05, 4.69) is 16.0 Å². The van der Waals surface area contributed by atoms with Crippen LogP contribution < -0.4 is 4.74 Å². The molecule has 1 N–H and O–H groups in total. The van der Waals surface area contributed by atoms with E-state index >= 15 is 4.39 Å². The summed E-state index contributed by atoms with van der Waals surface area (Å²) in [7, 11) is 1.75. The number of likely N-dealkylation sites (N-methyl/N-ethyl adjacent to an activating group) is 1. The zero-order valence-electron chi connectivity index (χ0n) is 26.5. The molecule has 0 radical (unpaired) electrons. The van der Waals surface area contributed by atoms with Crippen LogP contribution in [-0.2, 0) is 27.3 Å². The fraction of sp³-hybridized carbons (Fsp3) is 0.400. The van der Waals surface area contributed by atoms with Crippen molar-refractivity contribution in [3.05, 3.63) is 71.8 Å². The van der Waals surface area contributed by atoms with Gasteiger partial charge in [-0.25, -0.2) is 4.39 Å². The Morgan fingerprint density at radius 3 is 2.49 bits per heavy atom. The molecule has 0 aliphatic carbocycles. The number of aliphatic hydroxyl groups is 1. The number of piperidine rings is 1. The molecular formula is C35H38FN5O5S. The van der Waals surface area contributed by atoms with Crippen LogP contribution in [0.2, 0.25) is 0 Å². The monoisotopic (exact) mass is 659 g/mol. The zero-order chi connectivity index (χ0) is 33.1. The highest BCUT2D eigenvalue weighted by molar-refractivity contribution is 7.22. The molecule has 6 rings (SSSR count). The van der Waals surface area contributed by atoms with E-state index in [1.54, 1.807) is 41.2 Å². The summed E-state index contributed by atoms with van der Waals surface area (Å²) in [5.41, 5.74) is 3.21. The molecule has 2 aliphatic rings. The number of aromatic nitrogens is 2. The number of hydrogen-bond donors (Lipinski definition) is 1. The number of rotatable bonds is 11. The van der Waals surface area contributed by atoms with Crippen LogP contribution in [-0.4, -0.2) is 93.2 Å². The molecule has 2 amide bonds. The van der Waals surface area contributed by atoms with Gasteiger partial charge in [0.1, 0.15) is 18.1 Å². The largest absolute Gasteiger partial charge is 0.453 e. The zero-order valence-corrected chi connectivity index (χ0v) is 27.3. The normalized spacial score (nSPS) is 15.9. The van der Waals surface area contributed by atoms with Crippen molar-refractivity contribution in [2.24, 2.45) is 5.92 Å². The smallest absolute Gasteiger partial charge is 0.248 e. The Morgan fingerprint density at radius 1 is 1.04 bits per heavy atom. The minimum Gasteiger partial charge on any atom is -0.453 e. The van der Waals surface area contributed by atoms with Gasteiger partial charge in [-0.2, -0.15) is 0 Å². The molecule has 5 heterocycles. The molecule has 10 nitrogen and oxygen atoms in total. The van der Waals surface area contributed by atoms with Crippen LogP contribution in [0.5, 0.6) is 11.5 Å². The number of nitrogens with zero attached hydrogens (tertiary/aromatic N) is 5. The van der Waals surface area contributed by atoms with E-state index in [4.69, 9.17) is 14.8 Å². The number of thiophene rings is 1. The van der Waals surface area contributed by atoms with Crippen molar-refractivity contribution in [3.8, 4) is 22.1 Å². The number of carbonyl (C=O) groups is 3. The molecule has 3 aromatic heterocycles.